The molecule has 3 rings (SSSR count). The summed E-state index contributed by atoms with van der Waals surface area (Å²) in [6, 6.07) is 12.5. The lowest BCUT2D eigenvalue weighted by Gasteiger charge is -2.29. The van der Waals surface area contributed by atoms with Crippen LogP contribution in [0.15, 0.2) is 36.4 Å². The molecule has 1 unspecified atom stereocenters. The Morgan fingerprint density at radius 3 is 2.39 bits per heavy atom. The molecule has 6 nitrogen and oxygen atoms in total. The molecule has 28 heavy (non-hydrogen) atoms. The van der Waals surface area contributed by atoms with E-state index in [1.165, 1.54) is 16.7 Å². The molecule has 3 N–H and O–H groups in total. The van der Waals surface area contributed by atoms with Gasteiger partial charge in [0.15, 0.2) is 11.5 Å². The van der Waals surface area contributed by atoms with Gasteiger partial charge in [-0.3, -0.25) is 4.90 Å². The Morgan fingerprint density at radius 2 is 1.75 bits per heavy atom. The van der Waals surface area contributed by atoms with E-state index in [2.05, 4.69) is 34.5 Å². The van der Waals surface area contributed by atoms with Gasteiger partial charge in [-0.15, -0.1) is 0 Å². The van der Waals surface area contributed by atoms with Crippen LogP contribution in [0.1, 0.15) is 16.7 Å². The lowest BCUT2D eigenvalue weighted by Crippen LogP contribution is -2.32. The van der Waals surface area contributed by atoms with Crippen molar-refractivity contribution < 1.29 is 19.7 Å². The summed E-state index contributed by atoms with van der Waals surface area (Å²) in [6.45, 7) is 3.08. The zero-order chi connectivity index (χ0) is 19.9. The second-order valence-electron chi connectivity index (χ2n) is 7.17. The minimum absolute atomic E-state index is 0.233. The lowest BCUT2D eigenvalue weighted by molar-refractivity contribution is 0.105. The number of hydrogen-bond acceptors (Lipinski definition) is 6. The van der Waals surface area contributed by atoms with Crippen molar-refractivity contribution in [2.75, 3.05) is 45.8 Å². The van der Waals surface area contributed by atoms with Crippen molar-refractivity contribution in [2.24, 2.45) is 0 Å². The van der Waals surface area contributed by atoms with Crippen molar-refractivity contribution in [2.45, 2.75) is 25.5 Å². The predicted octanol–water partition coefficient (Wildman–Crippen LogP) is 2.07. The standard InChI is InChI=1S/C22H30N2O4/c1-27-21-11-17-8-10-24(14-18(17)12-22(21)28-2)9-7-16-3-5-19(6-4-16)23-13-20(26)15-25/h3-6,11-12,20,23,25-26H,7-10,13-15H2,1-2H3. The Bertz CT molecular complexity index is 764. The quantitative estimate of drug-likeness (QED) is 0.613. The number of fused-ring (bicyclic) bond motifs is 1. The Kier molecular flexibility index (Phi) is 7.14. The minimum Gasteiger partial charge on any atom is -0.493 e. The van der Waals surface area contributed by atoms with Gasteiger partial charge in [0, 0.05) is 31.9 Å². The third-order valence-corrected chi connectivity index (χ3v) is 5.22. The summed E-state index contributed by atoms with van der Waals surface area (Å²) in [7, 11) is 3.35. The van der Waals surface area contributed by atoms with Gasteiger partial charge in [0.05, 0.1) is 26.9 Å². The molecular formula is C22H30N2O4. The molecule has 0 saturated carbocycles. The van der Waals surface area contributed by atoms with Crippen molar-refractivity contribution >= 4 is 5.69 Å². The van der Waals surface area contributed by atoms with E-state index in [9.17, 15) is 5.11 Å². The highest BCUT2D eigenvalue weighted by molar-refractivity contribution is 5.48. The number of anilines is 1. The van der Waals surface area contributed by atoms with Gasteiger partial charge in [-0.05, 0) is 53.8 Å². The normalized spacial score (nSPS) is 15.0. The maximum atomic E-state index is 9.40. The molecule has 2 aromatic rings. The lowest BCUT2D eigenvalue weighted by atomic mass is 9.98. The number of rotatable bonds is 9. The van der Waals surface area contributed by atoms with Crippen molar-refractivity contribution in [1.29, 1.82) is 0 Å². The van der Waals surface area contributed by atoms with E-state index >= 15 is 0 Å². The van der Waals surface area contributed by atoms with Crippen LogP contribution >= 0.6 is 0 Å². The topological polar surface area (TPSA) is 74.2 Å². The fraction of sp³-hybridized carbons (Fsp3) is 0.455. The van der Waals surface area contributed by atoms with Gasteiger partial charge in [0.25, 0.3) is 0 Å². The first kappa shape index (κ1) is 20.5. The molecule has 152 valence electrons. The van der Waals surface area contributed by atoms with Crippen LogP contribution in [0, 0.1) is 0 Å². The monoisotopic (exact) mass is 386 g/mol. The van der Waals surface area contributed by atoms with Gasteiger partial charge in [-0.2, -0.15) is 0 Å². The minimum atomic E-state index is -0.736. The first-order valence-electron chi connectivity index (χ1n) is 9.70. The average molecular weight is 386 g/mol. The van der Waals surface area contributed by atoms with E-state index in [0.29, 0.717) is 6.54 Å². The third-order valence-electron chi connectivity index (χ3n) is 5.22. The summed E-state index contributed by atoms with van der Waals surface area (Å²) in [5.41, 5.74) is 4.89. The van der Waals surface area contributed by atoms with Crippen LogP contribution in [0.2, 0.25) is 0 Å². The molecule has 0 radical (unpaired) electrons. The van der Waals surface area contributed by atoms with E-state index in [4.69, 9.17) is 14.6 Å². The van der Waals surface area contributed by atoms with Gasteiger partial charge in [0.1, 0.15) is 0 Å². The molecule has 0 bridgehead atoms. The van der Waals surface area contributed by atoms with Crippen LogP contribution < -0.4 is 14.8 Å². The summed E-state index contributed by atoms with van der Waals surface area (Å²) < 4.78 is 10.9. The highest BCUT2D eigenvalue weighted by atomic mass is 16.5. The zero-order valence-electron chi connectivity index (χ0n) is 16.6. The molecule has 0 saturated heterocycles. The number of nitrogens with zero attached hydrogens (tertiary/aromatic N) is 1. The Hall–Kier alpha value is -2.28. The second-order valence-corrected chi connectivity index (χ2v) is 7.17. The van der Waals surface area contributed by atoms with Gasteiger partial charge < -0.3 is 25.0 Å². The SMILES string of the molecule is COc1cc2c(cc1OC)CN(CCc1ccc(NCC(O)CO)cc1)CC2. The van der Waals surface area contributed by atoms with Crippen molar-refractivity contribution in [3.63, 3.8) is 0 Å². The summed E-state index contributed by atoms with van der Waals surface area (Å²) in [5, 5.41) is 21.4. The second kappa shape index (κ2) is 9.78. The van der Waals surface area contributed by atoms with Crippen molar-refractivity contribution in [1.82, 2.24) is 4.90 Å². The Labute approximate surface area is 166 Å². The molecule has 0 fully saturated rings. The smallest absolute Gasteiger partial charge is 0.161 e. The molecule has 0 spiro atoms. The molecule has 1 aliphatic rings. The first-order chi connectivity index (χ1) is 13.6. The molecule has 6 heteroatoms. The van der Waals surface area contributed by atoms with Crippen LogP contribution in [-0.4, -0.2) is 61.7 Å². The molecule has 0 amide bonds. The summed E-state index contributed by atoms with van der Waals surface area (Å²) in [4.78, 5) is 2.47. The fourth-order valence-electron chi connectivity index (χ4n) is 3.51. The summed E-state index contributed by atoms with van der Waals surface area (Å²) in [6.07, 6.45) is 1.27. The Balaban J connectivity index is 1.53. The molecule has 1 aliphatic heterocycles. The molecule has 1 heterocycles. The van der Waals surface area contributed by atoms with Gasteiger partial charge in [-0.25, -0.2) is 0 Å². The highest BCUT2D eigenvalue weighted by Gasteiger charge is 2.19. The highest BCUT2D eigenvalue weighted by Crippen LogP contribution is 2.33. The molecule has 0 aromatic heterocycles. The zero-order valence-corrected chi connectivity index (χ0v) is 16.6. The van der Waals surface area contributed by atoms with Gasteiger partial charge in [-0.1, -0.05) is 12.1 Å². The predicted molar refractivity (Wildman–Crippen MR) is 110 cm³/mol. The number of benzene rings is 2. The Morgan fingerprint density at radius 1 is 1.07 bits per heavy atom. The van der Waals surface area contributed by atoms with E-state index in [1.807, 2.05) is 12.1 Å². The number of ether oxygens (including phenoxy) is 2. The molecule has 1 atom stereocenters. The summed E-state index contributed by atoms with van der Waals surface area (Å²) in [5.74, 6) is 1.59. The number of aliphatic hydroxyl groups excluding tert-OH is 2. The van der Waals surface area contributed by atoms with Crippen LogP contribution in [0.25, 0.3) is 0 Å². The van der Waals surface area contributed by atoms with Crippen LogP contribution in [0.5, 0.6) is 11.5 Å². The maximum Gasteiger partial charge on any atom is 0.161 e. The first-order valence-corrected chi connectivity index (χ1v) is 9.70. The molecule has 0 aliphatic carbocycles. The van der Waals surface area contributed by atoms with Crippen LogP contribution in [-0.2, 0) is 19.4 Å². The van der Waals surface area contributed by atoms with Gasteiger partial charge in [0.2, 0.25) is 0 Å². The molecular weight excluding hydrogens is 356 g/mol. The fourth-order valence-corrected chi connectivity index (χ4v) is 3.51. The van der Waals surface area contributed by atoms with E-state index in [1.54, 1.807) is 14.2 Å². The van der Waals surface area contributed by atoms with Crippen molar-refractivity contribution in [3.8, 4) is 11.5 Å². The van der Waals surface area contributed by atoms with E-state index < -0.39 is 6.10 Å². The number of hydrogen-bond donors (Lipinski definition) is 3. The third kappa shape index (κ3) is 5.16. The van der Waals surface area contributed by atoms with E-state index in [0.717, 1.165) is 49.7 Å². The van der Waals surface area contributed by atoms with Gasteiger partial charge >= 0.3 is 0 Å². The number of methoxy groups -OCH3 is 2. The average Bonchev–Trinajstić information content (AvgIpc) is 2.75. The van der Waals surface area contributed by atoms with Crippen LogP contribution in [0.4, 0.5) is 5.69 Å². The van der Waals surface area contributed by atoms with Crippen molar-refractivity contribution in [3.05, 3.63) is 53.1 Å². The maximum absolute atomic E-state index is 9.40. The largest absolute Gasteiger partial charge is 0.493 e. The summed E-state index contributed by atoms with van der Waals surface area (Å²) >= 11 is 0. The van der Waals surface area contributed by atoms with Crippen LogP contribution in [0.3, 0.4) is 0 Å². The number of aliphatic hydroxyl groups is 2. The number of nitrogens with one attached hydrogen (secondary N) is 1. The van der Waals surface area contributed by atoms with E-state index in [-0.39, 0.29) is 6.61 Å². The molecule has 2 aromatic carbocycles.